The molecule has 0 aromatic heterocycles. The molecule has 37 heavy (non-hydrogen) atoms. The van der Waals surface area contributed by atoms with Gasteiger partial charge in [0, 0.05) is 18.0 Å². The van der Waals surface area contributed by atoms with E-state index in [0.717, 1.165) is 37.1 Å². The summed E-state index contributed by atoms with van der Waals surface area (Å²) in [5.41, 5.74) is -1.19. The minimum atomic E-state index is -4.88. The fourth-order valence-electron chi connectivity index (χ4n) is 4.08. The summed E-state index contributed by atoms with van der Waals surface area (Å²) < 4.78 is 85.8. The van der Waals surface area contributed by atoms with E-state index in [-0.39, 0.29) is 12.0 Å². The number of hydrogen-bond acceptors (Lipinski definition) is 2. The highest BCUT2D eigenvalue weighted by molar-refractivity contribution is 5.77. The highest BCUT2D eigenvalue weighted by atomic mass is 19.3. The van der Waals surface area contributed by atoms with Crippen LogP contribution >= 0.6 is 0 Å². The zero-order valence-corrected chi connectivity index (χ0v) is 19.7. The number of amides is 2. The Kier molecular flexibility index (Phi) is 7.12. The van der Waals surface area contributed by atoms with Crippen molar-refractivity contribution >= 4 is 6.03 Å². The SMILES string of the molecule is CC1(NC(=O)NC(Cc2ccccc2)(c2ccc(F)cc2)c2cc(F)cc(OC(F)(F)C(F)F)c2)CC1. The third-order valence-corrected chi connectivity index (χ3v) is 6.26. The number of carbonyl (C=O) groups excluding carboxylic acids is 1. The number of nitrogens with one attached hydrogen (secondary N) is 2. The van der Waals surface area contributed by atoms with Gasteiger partial charge in [-0.25, -0.2) is 13.6 Å². The lowest BCUT2D eigenvalue weighted by atomic mass is 9.77. The average molecular weight is 522 g/mol. The Hall–Kier alpha value is -3.69. The first-order valence-corrected chi connectivity index (χ1v) is 11.5. The van der Waals surface area contributed by atoms with E-state index in [1.165, 1.54) is 12.1 Å². The van der Waals surface area contributed by atoms with Gasteiger partial charge in [0.1, 0.15) is 17.4 Å². The summed E-state index contributed by atoms with van der Waals surface area (Å²) >= 11 is 0. The Balaban J connectivity index is 1.88. The van der Waals surface area contributed by atoms with Gasteiger partial charge in [-0.05, 0) is 60.7 Å². The molecule has 1 fully saturated rings. The molecular weight excluding hydrogens is 498 g/mol. The number of urea groups is 1. The number of rotatable bonds is 9. The van der Waals surface area contributed by atoms with E-state index in [4.69, 9.17) is 0 Å². The first-order valence-electron chi connectivity index (χ1n) is 11.5. The Morgan fingerprint density at radius 1 is 0.946 bits per heavy atom. The number of carbonyl (C=O) groups is 1. The molecule has 1 unspecified atom stereocenters. The van der Waals surface area contributed by atoms with E-state index < -0.39 is 47.0 Å². The van der Waals surface area contributed by atoms with Crippen LogP contribution in [0.25, 0.3) is 0 Å². The van der Waals surface area contributed by atoms with Crippen LogP contribution in [0, 0.1) is 11.6 Å². The van der Waals surface area contributed by atoms with Crippen molar-refractivity contribution in [1.29, 1.82) is 0 Å². The number of ether oxygens (including phenoxy) is 1. The van der Waals surface area contributed by atoms with Crippen LogP contribution in [0.5, 0.6) is 5.75 Å². The van der Waals surface area contributed by atoms with E-state index in [0.29, 0.717) is 17.2 Å². The van der Waals surface area contributed by atoms with Gasteiger partial charge in [-0.2, -0.15) is 17.6 Å². The van der Waals surface area contributed by atoms with Crippen LogP contribution in [0.1, 0.15) is 36.5 Å². The van der Waals surface area contributed by atoms with Gasteiger partial charge in [0.25, 0.3) is 0 Å². The second kappa shape index (κ2) is 9.99. The molecular formula is C27H24F6N2O2. The Morgan fingerprint density at radius 2 is 1.59 bits per heavy atom. The van der Waals surface area contributed by atoms with E-state index in [1.54, 1.807) is 30.3 Å². The molecule has 196 valence electrons. The molecule has 4 rings (SSSR count). The predicted molar refractivity (Wildman–Crippen MR) is 125 cm³/mol. The smallest absolute Gasteiger partial charge is 0.428 e. The van der Waals surface area contributed by atoms with Crippen LogP contribution in [0.4, 0.5) is 31.1 Å². The predicted octanol–water partition coefficient (Wildman–Crippen LogP) is 6.54. The molecule has 0 radical (unpaired) electrons. The van der Waals surface area contributed by atoms with Gasteiger partial charge in [-0.1, -0.05) is 42.5 Å². The lowest BCUT2D eigenvalue weighted by molar-refractivity contribution is -0.253. The van der Waals surface area contributed by atoms with Crippen molar-refractivity contribution in [2.45, 2.75) is 49.8 Å². The average Bonchev–Trinajstić information content (AvgIpc) is 3.55. The summed E-state index contributed by atoms with van der Waals surface area (Å²) in [5.74, 6) is -2.50. The van der Waals surface area contributed by atoms with Crippen molar-refractivity contribution in [3.8, 4) is 5.75 Å². The van der Waals surface area contributed by atoms with Crippen molar-refractivity contribution in [3.63, 3.8) is 0 Å². The lowest BCUT2D eigenvalue weighted by Crippen LogP contribution is -2.54. The zero-order chi connectivity index (χ0) is 26.8. The van der Waals surface area contributed by atoms with Gasteiger partial charge >= 0.3 is 18.6 Å². The van der Waals surface area contributed by atoms with Gasteiger partial charge < -0.3 is 15.4 Å². The summed E-state index contributed by atoms with van der Waals surface area (Å²) in [7, 11) is 0. The van der Waals surface area contributed by atoms with E-state index >= 15 is 0 Å². The third kappa shape index (κ3) is 6.18. The fraction of sp³-hybridized carbons (Fsp3) is 0.296. The van der Waals surface area contributed by atoms with Crippen LogP contribution in [0.2, 0.25) is 0 Å². The first kappa shape index (κ1) is 26.4. The summed E-state index contributed by atoms with van der Waals surface area (Å²) in [6.45, 7) is 1.84. The largest absolute Gasteiger partial charge is 0.461 e. The van der Waals surface area contributed by atoms with Crippen LogP contribution in [-0.4, -0.2) is 24.1 Å². The summed E-state index contributed by atoms with van der Waals surface area (Å²) in [4.78, 5) is 13.2. The molecule has 4 nitrogen and oxygen atoms in total. The van der Waals surface area contributed by atoms with E-state index in [2.05, 4.69) is 15.4 Å². The molecule has 2 N–H and O–H groups in total. The maximum absolute atomic E-state index is 14.8. The molecule has 1 aliphatic rings. The zero-order valence-electron chi connectivity index (χ0n) is 19.7. The van der Waals surface area contributed by atoms with Gasteiger partial charge in [-0.3, -0.25) is 0 Å². The van der Waals surface area contributed by atoms with Crippen molar-refractivity contribution in [2.24, 2.45) is 0 Å². The van der Waals surface area contributed by atoms with Crippen molar-refractivity contribution in [1.82, 2.24) is 10.6 Å². The molecule has 0 heterocycles. The molecule has 3 aromatic rings. The quantitative estimate of drug-likeness (QED) is 0.314. The Morgan fingerprint density at radius 3 is 2.19 bits per heavy atom. The van der Waals surface area contributed by atoms with Gasteiger partial charge in [-0.15, -0.1) is 0 Å². The minimum absolute atomic E-state index is 0.0161. The van der Waals surface area contributed by atoms with E-state index in [9.17, 15) is 31.1 Å². The number of alkyl halides is 4. The second-order valence-corrected chi connectivity index (χ2v) is 9.35. The van der Waals surface area contributed by atoms with E-state index in [1.807, 2.05) is 6.92 Å². The molecule has 3 aromatic carbocycles. The van der Waals surface area contributed by atoms with Crippen molar-refractivity contribution in [3.05, 3.63) is 101 Å². The van der Waals surface area contributed by atoms with Crippen LogP contribution in [0.15, 0.2) is 72.8 Å². The summed E-state index contributed by atoms with van der Waals surface area (Å²) in [5, 5.41) is 5.67. The van der Waals surface area contributed by atoms with Crippen molar-refractivity contribution in [2.75, 3.05) is 0 Å². The molecule has 0 aliphatic heterocycles. The van der Waals surface area contributed by atoms with Gasteiger partial charge in [0.05, 0.1) is 5.54 Å². The Labute approximate surface area is 209 Å². The van der Waals surface area contributed by atoms with Crippen LogP contribution in [-0.2, 0) is 12.0 Å². The van der Waals surface area contributed by atoms with Gasteiger partial charge in [0.15, 0.2) is 0 Å². The molecule has 1 atom stereocenters. The first-order chi connectivity index (χ1) is 17.4. The minimum Gasteiger partial charge on any atom is -0.428 e. The second-order valence-electron chi connectivity index (χ2n) is 9.35. The highest BCUT2D eigenvalue weighted by Gasteiger charge is 2.45. The molecule has 0 bridgehead atoms. The third-order valence-electron chi connectivity index (χ3n) is 6.26. The topological polar surface area (TPSA) is 50.4 Å². The summed E-state index contributed by atoms with van der Waals surface area (Å²) in [6, 6.07) is 15.6. The lowest BCUT2D eigenvalue weighted by Gasteiger charge is -2.37. The number of benzene rings is 3. The fourth-order valence-corrected chi connectivity index (χ4v) is 4.08. The van der Waals surface area contributed by atoms with Gasteiger partial charge in [0.2, 0.25) is 0 Å². The maximum Gasteiger partial charge on any atom is 0.461 e. The van der Waals surface area contributed by atoms with Crippen LogP contribution in [0.3, 0.4) is 0 Å². The monoisotopic (exact) mass is 522 g/mol. The molecule has 1 aliphatic carbocycles. The Bertz CT molecular complexity index is 1250. The summed E-state index contributed by atoms with van der Waals surface area (Å²) in [6.07, 6.45) is -7.58. The molecule has 0 saturated heterocycles. The van der Waals surface area contributed by atoms with Crippen LogP contribution < -0.4 is 15.4 Å². The maximum atomic E-state index is 14.8. The standard InChI is InChI=1S/C27H24F6N2O2/c1-25(11-12-25)34-24(36)35-26(16-17-5-3-2-4-6-17,18-7-9-20(28)10-8-18)19-13-21(29)15-22(14-19)37-27(32,33)23(30)31/h2-10,13-15,23H,11-12,16H2,1H3,(H2,34,35,36). The highest BCUT2D eigenvalue weighted by Crippen LogP contribution is 2.39. The molecule has 10 heteroatoms. The van der Waals surface area contributed by atoms with Crippen molar-refractivity contribution < 1.29 is 35.9 Å². The molecule has 2 amide bonds. The normalized spacial score (nSPS) is 16.1. The number of hydrogen-bond donors (Lipinski definition) is 2. The number of halogens is 6. The molecule has 0 spiro atoms. The molecule has 1 saturated carbocycles.